The first-order valence-corrected chi connectivity index (χ1v) is 21.1. The van der Waals surface area contributed by atoms with Crippen molar-refractivity contribution in [1.82, 2.24) is 4.57 Å². The van der Waals surface area contributed by atoms with Gasteiger partial charge in [0.2, 0.25) is 0 Å². The first-order chi connectivity index (χ1) is 30.2. The molecule has 0 aliphatic carbocycles. The molecule has 61 heavy (non-hydrogen) atoms. The molecule has 0 atom stereocenters. The summed E-state index contributed by atoms with van der Waals surface area (Å²) in [5, 5.41) is 10.1. The summed E-state index contributed by atoms with van der Waals surface area (Å²) in [7, 11) is 0. The minimum atomic E-state index is 1.12. The van der Waals surface area contributed by atoms with Crippen LogP contribution in [-0.4, -0.2) is 4.57 Å². The van der Waals surface area contributed by atoms with Crippen LogP contribution in [0.2, 0.25) is 0 Å². The lowest BCUT2D eigenvalue weighted by molar-refractivity contribution is 1.18. The number of para-hydroxylation sites is 1. The highest BCUT2D eigenvalue weighted by Gasteiger charge is 2.18. The molecule has 0 fully saturated rings. The van der Waals surface area contributed by atoms with Gasteiger partial charge in [-0.1, -0.05) is 182 Å². The lowest BCUT2D eigenvalue weighted by Crippen LogP contribution is -1.97. The highest BCUT2D eigenvalue weighted by atomic mass is 15.0. The molecule has 1 heterocycles. The van der Waals surface area contributed by atoms with Crippen LogP contribution in [0.1, 0.15) is 0 Å². The summed E-state index contributed by atoms with van der Waals surface area (Å²) in [4.78, 5) is 0. The molecule has 0 amide bonds. The Morgan fingerprint density at radius 2 is 0.525 bits per heavy atom. The average Bonchev–Trinajstić information content (AvgIpc) is 3.68. The maximum Gasteiger partial charge on any atom is 0.0547 e. The zero-order valence-electron chi connectivity index (χ0n) is 33.5. The third-order valence-corrected chi connectivity index (χ3v) is 12.5. The largest absolute Gasteiger partial charge is 0.309 e. The predicted octanol–water partition coefficient (Wildman–Crippen LogP) is 16.6. The fourth-order valence-electron chi connectivity index (χ4n) is 9.61. The monoisotopic (exact) mass is 773 g/mol. The molecular weight excluding hydrogens is 735 g/mol. The summed E-state index contributed by atoms with van der Waals surface area (Å²) in [5.41, 5.74) is 15.4. The summed E-state index contributed by atoms with van der Waals surface area (Å²) in [6.07, 6.45) is 0. The summed E-state index contributed by atoms with van der Waals surface area (Å²) < 4.78 is 2.48. The van der Waals surface area contributed by atoms with Crippen molar-refractivity contribution in [3.63, 3.8) is 0 Å². The van der Waals surface area contributed by atoms with Gasteiger partial charge in [0.1, 0.15) is 0 Å². The SMILES string of the molecule is c1ccc(-c2cc(-c3ccccc3)cc(-c3cc(-c4ccc5c6ccccc6c6ccccc6c5c4)cc(-n4c5ccccc5c5ccc(-c6ccccc6)cc54)c3)c2)cc1. The Hall–Kier alpha value is -8.00. The van der Waals surface area contributed by atoms with E-state index in [0.29, 0.717) is 0 Å². The second-order valence-electron chi connectivity index (χ2n) is 16.1. The van der Waals surface area contributed by atoms with E-state index in [1.807, 2.05) is 0 Å². The molecule has 0 aliphatic heterocycles. The molecule has 0 radical (unpaired) electrons. The van der Waals surface area contributed by atoms with E-state index in [0.717, 1.165) is 11.3 Å². The minimum Gasteiger partial charge on any atom is -0.309 e. The number of benzene rings is 11. The lowest BCUT2D eigenvalue weighted by atomic mass is 9.90. The van der Waals surface area contributed by atoms with Crippen LogP contribution >= 0.6 is 0 Å². The number of aromatic nitrogens is 1. The first kappa shape index (κ1) is 35.0. The van der Waals surface area contributed by atoms with Gasteiger partial charge in [-0.25, -0.2) is 0 Å². The highest BCUT2D eigenvalue weighted by Crippen LogP contribution is 2.42. The molecule has 1 aromatic heterocycles. The van der Waals surface area contributed by atoms with E-state index < -0.39 is 0 Å². The number of rotatable bonds is 6. The Morgan fingerprint density at radius 3 is 1.07 bits per heavy atom. The Morgan fingerprint density at radius 1 is 0.180 bits per heavy atom. The molecule has 1 heteroatoms. The maximum absolute atomic E-state index is 2.48. The van der Waals surface area contributed by atoms with Gasteiger partial charge in [-0.2, -0.15) is 0 Å². The van der Waals surface area contributed by atoms with Crippen LogP contribution in [0.25, 0.3) is 115 Å². The zero-order valence-corrected chi connectivity index (χ0v) is 33.5. The van der Waals surface area contributed by atoms with Crippen molar-refractivity contribution in [3.8, 4) is 61.3 Å². The second-order valence-corrected chi connectivity index (χ2v) is 16.1. The summed E-state index contributed by atoms with van der Waals surface area (Å²) in [6.45, 7) is 0. The van der Waals surface area contributed by atoms with E-state index in [-0.39, 0.29) is 0 Å². The van der Waals surface area contributed by atoms with Crippen LogP contribution in [0.3, 0.4) is 0 Å². The number of nitrogens with zero attached hydrogens (tertiary/aromatic N) is 1. The third kappa shape index (κ3) is 6.02. The van der Waals surface area contributed by atoms with Crippen LogP contribution in [0.5, 0.6) is 0 Å². The molecule has 1 nitrogen and oxygen atoms in total. The highest BCUT2D eigenvalue weighted by molar-refractivity contribution is 6.25. The Kier molecular flexibility index (Phi) is 8.25. The van der Waals surface area contributed by atoms with Crippen LogP contribution in [0.15, 0.2) is 237 Å². The molecule has 0 saturated heterocycles. The van der Waals surface area contributed by atoms with Crippen molar-refractivity contribution >= 4 is 54.1 Å². The van der Waals surface area contributed by atoms with Crippen LogP contribution in [-0.2, 0) is 0 Å². The van der Waals surface area contributed by atoms with Gasteiger partial charge in [0, 0.05) is 16.5 Å². The van der Waals surface area contributed by atoms with Crippen molar-refractivity contribution in [2.24, 2.45) is 0 Å². The van der Waals surface area contributed by atoms with E-state index in [4.69, 9.17) is 0 Å². The Labute approximate surface area is 355 Å². The van der Waals surface area contributed by atoms with Crippen molar-refractivity contribution in [1.29, 1.82) is 0 Å². The van der Waals surface area contributed by atoms with Crippen molar-refractivity contribution in [3.05, 3.63) is 237 Å². The molecule has 0 aliphatic rings. The Bertz CT molecular complexity index is 3520. The molecule has 0 saturated carbocycles. The topological polar surface area (TPSA) is 4.93 Å². The summed E-state index contributed by atoms with van der Waals surface area (Å²) in [5.74, 6) is 0. The summed E-state index contributed by atoms with van der Waals surface area (Å²) in [6, 6.07) is 87.0. The maximum atomic E-state index is 2.48. The standard InChI is InChI=1S/C60H39N/c1-4-16-40(17-5-1)44-29-31-57-56-26-14-15-27-59(56)61(60(57)39-44)50-36-48(43-28-30-55-53-24-11-10-22-51(53)52-23-12-13-25-54(52)58(55)38-43)35-49(37-50)47-33-45(41-18-6-2-7-19-41)32-46(34-47)42-20-8-3-9-21-42/h1-39H. The quantitative estimate of drug-likeness (QED) is 0.148. The van der Waals surface area contributed by atoms with Crippen molar-refractivity contribution in [2.75, 3.05) is 0 Å². The molecule has 0 bridgehead atoms. The van der Waals surface area contributed by atoms with Crippen LogP contribution < -0.4 is 0 Å². The molecule has 0 spiro atoms. The van der Waals surface area contributed by atoms with Gasteiger partial charge >= 0.3 is 0 Å². The number of hydrogen-bond donors (Lipinski definition) is 0. The molecule has 11 aromatic carbocycles. The lowest BCUT2D eigenvalue weighted by Gasteiger charge is -2.17. The van der Waals surface area contributed by atoms with E-state index >= 15 is 0 Å². The van der Waals surface area contributed by atoms with Gasteiger partial charge in [0.15, 0.2) is 0 Å². The van der Waals surface area contributed by atoms with Gasteiger partial charge in [0.05, 0.1) is 11.0 Å². The van der Waals surface area contributed by atoms with E-state index in [1.165, 1.54) is 104 Å². The van der Waals surface area contributed by atoms with Crippen LogP contribution in [0, 0.1) is 0 Å². The summed E-state index contributed by atoms with van der Waals surface area (Å²) >= 11 is 0. The van der Waals surface area contributed by atoms with Gasteiger partial charge in [-0.3, -0.25) is 0 Å². The molecule has 0 unspecified atom stereocenters. The molecule has 12 rings (SSSR count). The van der Waals surface area contributed by atoms with E-state index in [9.17, 15) is 0 Å². The van der Waals surface area contributed by atoms with Crippen molar-refractivity contribution in [2.45, 2.75) is 0 Å². The van der Waals surface area contributed by atoms with Crippen molar-refractivity contribution < 1.29 is 0 Å². The smallest absolute Gasteiger partial charge is 0.0547 e. The van der Waals surface area contributed by atoms with E-state index in [1.54, 1.807) is 0 Å². The normalized spacial score (nSPS) is 11.6. The molecule has 0 N–H and O–H groups in total. The van der Waals surface area contributed by atoms with Gasteiger partial charge in [-0.15, -0.1) is 0 Å². The zero-order chi connectivity index (χ0) is 40.3. The van der Waals surface area contributed by atoms with Gasteiger partial charge < -0.3 is 4.57 Å². The van der Waals surface area contributed by atoms with Gasteiger partial charge in [0.25, 0.3) is 0 Å². The van der Waals surface area contributed by atoms with Gasteiger partial charge in [-0.05, 0) is 143 Å². The molecule has 12 aromatic rings. The molecular formula is C60H39N. The second kappa shape index (κ2) is 14.4. The fraction of sp³-hybridized carbons (Fsp3) is 0. The minimum absolute atomic E-state index is 1.12. The fourth-order valence-corrected chi connectivity index (χ4v) is 9.61. The number of hydrogen-bond acceptors (Lipinski definition) is 0. The van der Waals surface area contributed by atoms with E-state index in [2.05, 4.69) is 241 Å². The van der Waals surface area contributed by atoms with Crippen LogP contribution in [0.4, 0.5) is 0 Å². The average molecular weight is 774 g/mol. The molecule has 284 valence electrons. The Balaban J connectivity index is 1.16. The number of fused-ring (bicyclic) bond motifs is 9. The third-order valence-electron chi connectivity index (χ3n) is 12.5. The first-order valence-electron chi connectivity index (χ1n) is 21.1. The predicted molar refractivity (Wildman–Crippen MR) is 260 cm³/mol.